The van der Waals surface area contributed by atoms with Crippen molar-refractivity contribution >= 4 is 22.0 Å². The van der Waals surface area contributed by atoms with E-state index in [9.17, 15) is 5.26 Å². The van der Waals surface area contributed by atoms with Crippen LogP contribution in [-0.2, 0) is 6.61 Å². The summed E-state index contributed by atoms with van der Waals surface area (Å²) in [6, 6.07) is 18.5. The summed E-state index contributed by atoms with van der Waals surface area (Å²) in [5.74, 6) is 1.02. The van der Waals surface area contributed by atoms with Crippen molar-refractivity contribution in [3.05, 3.63) is 74.9 Å². The summed E-state index contributed by atoms with van der Waals surface area (Å²) in [6.45, 7) is 2.63. The summed E-state index contributed by atoms with van der Waals surface area (Å²) in [5, 5.41) is 27.3. The fourth-order valence-electron chi connectivity index (χ4n) is 2.42. The zero-order valence-corrected chi connectivity index (χ0v) is 17.2. The SMILES string of the molecule is CCOc1cc(C=C(C#N)C(N)=C(C#N)C#N)cc(Br)c1OCc1ccccc1. The zero-order valence-electron chi connectivity index (χ0n) is 15.6. The number of ether oxygens (including phenoxy) is 2. The molecule has 2 rings (SSSR count). The quantitative estimate of drug-likeness (QED) is 0.488. The van der Waals surface area contributed by atoms with Gasteiger partial charge in [0.25, 0.3) is 0 Å². The van der Waals surface area contributed by atoms with Gasteiger partial charge in [0.2, 0.25) is 0 Å². The number of nitrogens with two attached hydrogens (primary N) is 1. The van der Waals surface area contributed by atoms with Gasteiger partial charge in [-0.15, -0.1) is 0 Å². The number of hydrogen-bond acceptors (Lipinski definition) is 6. The number of allylic oxidation sites excluding steroid dienone is 2. The highest BCUT2D eigenvalue weighted by Crippen LogP contribution is 2.38. The molecule has 29 heavy (non-hydrogen) atoms. The summed E-state index contributed by atoms with van der Waals surface area (Å²) in [6.07, 6.45) is 1.48. The van der Waals surface area contributed by atoms with Crippen molar-refractivity contribution in [2.75, 3.05) is 6.61 Å². The van der Waals surface area contributed by atoms with Crippen molar-refractivity contribution in [2.45, 2.75) is 13.5 Å². The van der Waals surface area contributed by atoms with Gasteiger partial charge in [-0.1, -0.05) is 30.3 Å². The lowest BCUT2D eigenvalue weighted by molar-refractivity contribution is 0.267. The van der Waals surface area contributed by atoms with Gasteiger partial charge in [0.1, 0.15) is 24.8 Å². The second kappa shape index (κ2) is 10.6. The molecule has 0 amide bonds. The van der Waals surface area contributed by atoms with E-state index >= 15 is 0 Å². The van der Waals surface area contributed by atoms with E-state index in [0.717, 1.165) is 5.56 Å². The van der Waals surface area contributed by atoms with Crippen molar-refractivity contribution in [1.29, 1.82) is 15.8 Å². The van der Waals surface area contributed by atoms with E-state index in [1.165, 1.54) is 6.08 Å². The molecule has 0 aromatic heterocycles. The molecule has 2 aromatic rings. The van der Waals surface area contributed by atoms with Crippen molar-refractivity contribution < 1.29 is 9.47 Å². The molecule has 6 nitrogen and oxygen atoms in total. The lowest BCUT2D eigenvalue weighted by Gasteiger charge is -2.15. The normalized spacial score (nSPS) is 10.2. The van der Waals surface area contributed by atoms with Gasteiger partial charge in [-0.25, -0.2) is 0 Å². The van der Waals surface area contributed by atoms with Crippen molar-refractivity contribution in [3.8, 4) is 29.7 Å². The maximum atomic E-state index is 9.39. The molecule has 0 aliphatic rings. The van der Waals surface area contributed by atoms with Crippen LogP contribution in [0.1, 0.15) is 18.1 Å². The van der Waals surface area contributed by atoms with E-state index in [0.29, 0.717) is 34.7 Å². The highest BCUT2D eigenvalue weighted by molar-refractivity contribution is 9.10. The summed E-state index contributed by atoms with van der Waals surface area (Å²) in [5.41, 5.74) is 6.93. The summed E-state index contributed by atoms with van der Waals surface area (Å²) in [7, 11) is 0. The molecule has 0 saturated heterocycles. The Labute approximate surface area is 177 Å². The van der Waals surface area contributed by atoms with Crippen molar-refractivity contribution in [1.82, 2.24) is 0 Å². The predicted molar refractivity (Wildman–Crippen MR) is 112 cm³/mol. The van der Waals surface area contributed by atoms with Gasteiger partial charge in [0, 0.05) is 0 Å². The molecule has 0 saturated carbocycles. The van der Waals surface area contributed by atoms with Crippen molar-refractivity contribution in [3.63, 3.8) is 0 Å². The Morgan fingerprint density at radius 3 is 2.34 bits per heavy atom. The average Bonchev–Trinajstić information content (AvgIpc) is 2.73. The van der Waals surface area contributed by atoms with Crippen LogP contribution in [0.2, 0.25) is 0 Å². The Hall–Kier alpha value is -3.73. The lowest BCUT2D eigenvalue weighted by Crippen LogP contribution is -2.04. The van der Waals surface area contributed by atoms with Crippen molar-refractivity contribution in [2.24, 2.45) is 5.73 Å². The smallest absolute Gasteiger partial charge is 0.175 e. The summed E-state index contributed by atoms with van der Waals surface area (Å²) >= 11 is 3.48. The average molecular weight is 449 g/mol. The number of hydrogen-bond donors (Lipinski definition) is 1. The van der Waals surface area contributed by atoms with E-state index in [1.54, 1.807) is 24.3 Å². The first-order valence-electron chi connectivity index (χ1n) is 8.59. The van der Waals surface area contributed by atoms with Crippen LogP contribution >= 0.6 is 15.9 Å². The minimum Gasteiger partial charge on any atom is -0.490 e. The second-order valence-electron chi connectivity index (χ2n) is 5.72. The first-order chi connectivity index (χ1) is 14.0. The molecule has 0 unspecified atom stereocenters. The first-order valence-corrected chi connectivity index (χ1v) is 9.38. The van der Waals surface area contributed by atoms with Gasteiger partial charge < -0.3 is 15.2 Å². The van der Waals surface area contributed by atoms with Crippen LogP contribution in [0.4, 0.5) is 0 Å². The van der Waals surface area contributed by atoms with E-state index in [2.05, 4.69) is 15.9 Å². The van der Waals surface area contributed by atoms with E-state index < -0.39 is 0 Å². The number of nitrogens with zero attached hydrogens (tertiary/aromatic N) is 3. The van der Waals surface area contributed by atoms with Crippen LogP contribution in [-0.4, -0.2) is 6.61 Å². The maximum Gasteiger partial charge on any atom is 0.175 e. The molecule has 2 aromatic carbocycles. The van der Waals surface area contributed by atoms with E-state index in [-0.39, 0.29) is 16.8 Å². The number of benzene rings is 2. The van der Waals surface area contributed by atoms with Gasteiger partial charge in [0.15, 0.2) is 17.1 Å². The summed E-state index contributed by atoms with van der Waals surface area (Å²) < 4.78 is 12.3. The Kier molecular flexibility index (Phi) is 7.86. The fourth-order valence-corrected chi connectivity index (χ4v) is 3.00. The molecule has 7 heteroatoms. The molecule has 0 spiro atoms. The largest absolute Gasteiger partial charge is 0.490 e. The van der Waals surface area contributed by atoms with Gasteiger partial charge in [-0.05, 0) is 52.2 Å². The molecule has 0 radical (unpaired) electrons. The molecule has 0 fully saturated rings. The minimum atomic E-state index is -0.315. The molecule has 0 aliphatic heterocycles. The maximum absolute atomic E-state index is 9.39. The zero-order chi connectivity index (χ0) is 21.2. The fraction of sp³-hybridized carbons (Fsp3) is 0.136. The Balaban J connectivity index is 2.43. The first kappa shape index (κ1) is 21.6. The molecule has 144 valence electrons. The van der Waals surface area contributed by atoms with Crippen LogP contribution in [0.5, 0.6) is 11.5 Å². The van der Waals surface area contributed by atoms with Crippen LogP contribution in [0.3, 0.4) is 0 Å². The van der Waals surface area contributed by atoms with Gasteiger partial charge in [-0.2, -0.15) is 15.8 Å². The van der Waals surface area contributed by atoms with Gasteiger partial charge >= 0.3 is 0 Å². The number of halogens is 1. The van der Waals surface area contributed by atoms with E-state index in [4.69, 9.17) is 25.7 Å². The summed E-state index contributed by atoms with van der Waals surface area (Å²) in [4.78, 5) is 0. The van der Waals surface area contributed by atoms with Crippen LogP contribution < -0.4 is 15.2 Å². The van der Waals surface area contributed by atoms with Crippen LogP contribution in [0.25, 0.3) is 6.08 Å². The topological polar surface area (TPSA) is 116 Å². The number of nitriles is 3. The van der Waals surface area contributed by atoms with Crippen LogP contribution in [0, 0.1) is 34.0 Å². The van der Waals surface area contributed by atoms with Gasteiger partial charge in [0.05, 0.1) is 22.3 Å². The standard InChI is InChI=1S/C22H17BrN4O2/c1-2-28-20-10-16(8-17(11-24)21(27)18(12-25)13-26)9-19(23)22(20)29-14-15-6-4-3-5-7-15/h3-10H,2,14,27H2,1H3. The third-order valence-corrected chi connectivity index (χ3v) is 4.36. The Morgan fingerprint density at radius 2 is 1.76 bits per heavy atom. The Bertz CT molecular complexity index is 1050. The molecular formula is C22H17BrN4O2. The third kappa shape index (κ3) is 5.62. The second-order valence-corrected chi connectivity index (χ2v) is 6.57. The Morgan fingerprint density at radius 1 is 1.07 bits per heavy atom. The van der Waals surface area contributed by atoms with Crippen LogP contribution in [0.15, 0.2) is 63.8 Å². The third-order valence-electron chi connectivity index (χ3n) is 3.77. The van der Waals surface area contributed by atoms with E-state index in [1.807, 2.05) is 43.3 Å². The lowest BCUT2D eigenvalue weighted by atomic mass is 10.1. The highest BCUT2D eigenvalue weighted by atomic mass is 79.9. The number of rotatable bonds is 7. The molecular weight excluding hydrogens is 432 g/mol. The predicted octanol–water partition coefficient (Wildman–Crippen LogP) is 4.59. The molecule has 0 bridgehead atoms. The molecule has 0 atom stereocenters. The highest BCUT2D eigenvalue weighted by Gasteiger charge is 2.14. The minimum absolute atomic E-state index is 0.00963. The van der Waals surface area contributed by atoms with Gasteiger partial charge in [-0.3, -0.25) is 0 Å². The molecule has 0 heterocycles. The molecule has 2 N–H and O–H groups in total. The monoisotopic (exact) mass is 448 g/mol. The molecule has 0 aliphatic carbocycles.